The zero-order valence-corrected chi connectivity index (χ0v) is 7.58. The van der Waals surface area contributed by atoms with Gasteiger partial charge in [-0.05, 0) is 17.5 Å². The fourth-order valence-corrected chi connectivity index (χ4v) is 1.51. The average Bonchev–Trinajstić information content (AvgIpc) is 2.57. The maximum Gasteiger partial charge on any atom is 0.221 e. The Balaban J connectivity index is 2.19. The molecule has 2 rings (SSSR count). The molecule has 0 fully saturated rings. The van der Waals surface area contributed by atoms with E-state index in [0.717, 1.165) is 5.69 Å². The van der Waals surface area contributed by atoms with Crippen LogP contribution in [-0.2, 0) is 0 Å². The van der Waals surface area contributed by atoms with E-state index in [1.54, 1.807) is 23.6 Å². The molecule has 66 valence electrons. The third-order valence-electron chi connectivity index (χ3n) is 1.47. The molecule has 0 bridgehead atoms. The van der Waals surface area contributed by atoms with E-state index >= 15 is 0 Å². The molecule has 4 nitrogen and oxygen atoms in total. The minimum atomic E-state index is 0.278. The topological polar surface area (TPSA) is 63.8 Å². The van der Waals surface area contributed by atoms with E-state index in [2.05, 4.69) is 15.3 Å². The Morgan fingerprint density at radius 1 is 1.38 bits per heavy atom. The van der Waals surface area contributed by atoms with Crippen molar-refractivity contribution in [2.45, 2.75) is 0 Å². The van der Waals surface area contributed by atoms with Gasteiger partial charge in [0.2, 0.25) is 5.95 Å². The quantitative estimate of drug-likeness (QED) is 0.762. The number of hydrogen-bond acceptors (Lipinski definition) is 5. The molecule has 0 spiro atoms. The molecule has 5 heteroatoms. The number of nitrogens with two attached hydrogens (primary N) is 1. The largest absolute Gasteiger partial charge is 0.368 e. The summed E-state index contributed by atoms with van der Waals surface area (Å²) in [5.74, 6) is 0.992. The minimum Gasteiger partial charge on any atom is -0.368 e. The lowest BCUT2D eigenvalue weighted by Gasteiger charge is -2.01. The first-order valence-electron chi connectivity index (χ1n) is 3.72. The summed E-state index contributed by atoms with van der Waals surface area (Å²) in [6.45, 7) is 0. The highest BCUT2D eigenvalue weighted by Crippen LogP contribution is 2.16. The summed E-state index contributed by atoms with van der Waals surface area (Å²) in [6, 6.07) is 3.75. The van der Waals surface area contributed by atoms with Gasteiger partial charge >= 0.3 is 0 Å². The van der Waals surface area contributed by atoms with Crippen molar-refractivity contribution in [3.8, 4) is 0 Å². The molecule has 0 aliphatic heterocycles. The second-order valence-corrected chi connectivity index (χ2v) is 3.22. The third-order valence-corrected chi connectivity index (χ3v) is 2.15. The van der Waals surface area contributed by atoms with Gasteiger partial charge in [-0.25, -0.2) is 4.98 Å². The van der Waals surface area contributed by atoms with Gasteiger partial charge in [0.15, 0.2) is 0 Å². The fourth-order valence-electron chi connectivity index (χ4n) is 0.927. The predicted octanol–water partition coefficient (Wildman–Crippen LogP) is 1.86. The van der Waals surface area contributed by atoms with Crippen LogP contribution >= 0.6 is 11.3 Å². The van der Waals surface area contributed by atoms with Crippen molar-refractivity contribution in [1.82, 2.24) is 9.97 Å². The molecule has 2 heterocycles. The van der Waals surface area contributed by atoms with E-state index in [1.165, 1.54) is 0 Å². The summed E-state index contributed by atoms with van der Waals surface area (Å²) in [4.78, 5) is 7.81. The monoisotopic (exact) mass is 192 g/mol. The van der Waals surface area contributed by atoms with Crippen LogP contribution in [0, 0.1) is 0 Å². The van der Waals surface area contributed by atoms with E-state index in [4.69, 9.17) is 5.73 Å². The molecule has 0 saturated carbocycles. The number of rotatable bonds is 2. The molecule has 3 N–H and O–H groups in total. The van der Waals surface area contributed by atoms with Crippen molar-refractivity contribution in [2.24, 2.45) is 0 Å². The Morgan fingerprint density at radius 2 is 2.31 bits per heavy atom. The van der Waals surface area contributed by atoms with Gasteiger partial charge in [-0.3, -0.25) is 0 Å². The van der Waals surface area contributed by atoms with Crippen molar-refractivity contribution in [3.05, 3.63) is 29.1 Å². The van der Waals surface area contributed by atoms with Crippen LogP contribution in [0.2, 0.25) is 0 Å². The van der Waals surface area contributed by atoms with Crippen molar-refractivity contribution in [3.63, 3.8) is 0 Å². The smallest absolute Gasteiger partial charge is 0.221 e. The Bertz CT molecular complexity index is 385. The zero-order valence-electron chi connectivity index (χ0n) is 6.77. The van der Waals surface area contributed by atoms with Crippen LogP contribution in [0.25, 0.3) is 0 Å². The summed E-state index contributed by atoms with van der Waals surface area (Å²) in [5.41, 5.74) is 6.44. The molecule has 2 aromatic rings. The van der Waals surface area contributed by atoms with Gasteiger partial charge in [0, 0.05) is 11.6 Å². The second kappa shape index (κ2) is 3.40. The van der Waals surface area contributed by atoms with Crippen LogP contribution in [0.5, 0.6) is 0 Å². The van der Waals surface area contributed by atoms with E-state index in [-0.39, 0.29) is 5.95 Å². The summed E-state index contributed by atoms with van der Waals surface area (Å²) in [7, 11) is 0. The van der Waals surface area contributed by atoms with Crippen molar-refractivity contribution in [2.75, 3.05) is 11.1 Å². The molecule has 0 radical (unpaired) electrons. The van der Waals surface area contributed by atoms with E-state index in [1.807, 2.05) is 16.8 Å². The van der Waals surface area contributed by atoms with Crippen LogP contribution < -0.4 is 11.1 Å². The highest BCUT2D eigenvalue weighted by atomic mass is 32.1. The molecule has 0 aliphatic carbocycles. The number of thiophene rings is 1. The minimum absolute atomic E-state index is 0.278. The molecule has 0 amide bonds. The van der Waals surface area contributed by atoms with Crippen LogP contribution in [0.15, 0.2) is 29.1 Å². The van der Waals surface area contributed by atoms with Crippen LogP contribution in [0.4, 0.5) is 17.5 Å². The Hall–Kier alpha value is -1.62. The lowest BCUT2D eigenvalue weighted by atomic mass is 10.5. The van der Waals surface area contributed by atoms with E-state index < -0.39 is 0 Å². The molecular weight excluding hydrogens is 184 g/mol. The third kappa shape index (κ3) is 1.94. The maximum atomic E-state index is 5.43. The number of anilines is 3. The van der Waals surface area contributed by atoms with Gasteiger partial charge in [-0.1, -0.05) is 0 Å². The van der Waals surface area contributed by atoms with Gasteiger partial charge < -0.3 is 11.1 Å². The summed E-state index contributed by atoms with van der Waals surface area (Å²) >= 11 is 1.63. The summed E-state index contributed by atoms with van der Waals surface area (Å²) in [5, 5.41) is 7.10. The molecule has 2 aromatic heterocycles. The zero-order chi connectivity index (χ0) is 9.10. The second-order valence-electron chi connectivity index (χ2n) is 2.44. The van der Waals surface area contributed by atoms with Crippen LogP contribution in [0.3, 0.4) is 0 Å². The Morgan fingerprint density at radius 3 is 3.00 bits per heavy atom. The van der Waals surface area contributed by atoms with Gasteiger partial charge in [-0.2, -0.15) is 16.3 Å². The standard InChI is InChI=1S/C8H8N4S/c9-8-10-3-1-7(12-8)11-6-2-4-13-5-6/h1-5H,(H3,9,10,11,12). The summed E-state index contributed by atoms with van der Waals surface area (Å²) < 4.78 is 0. The SMILES string of the molecule is Nc1nccc(Nc2ccsc2)n1. The van der Waals surface area contributed by atoms with Crippen molar-refractivity contribution in [1.29, 1.82) is 0 Å². The fraction of sp³-hybridized carbons (Fsp3) is 0. The number of nitrogen functional groups attached to an aromatic ring is 1. The predicted molar refractivity (Wildman–Crippen MR) is 54.0 cm³/mol. The average molecular weight is 192 g/mol. The molecule has 0 atom stereocenters. The first-order chi connectivity index (χ1) is 6.34. The molecule has 0 aromatic carbocycles. The molecule has 0 saturated heterocycles. The highest BCUT2D eigenvalue weighted by Gasteiger charge is 1.96. The van der Waals surface area contributed by atoms with Gasteiger partial charge in [-0.15, -0.1) is 0 Å². The van der Waals surface area contributed by atoms with Gasteiger partial charge in [0.25, 0.3) is 0 Å². The Kier molecular flexibility index (Phi) is 2.09. The highest BCUT2D eigenvalue weighted by molar-refractivity contribution is 7.08. The number of aromatic nitrogens is 2. The van der Waals surface area contributed by atoms with E-state index in [9.17, 15) is 0 Å². The normalized spacial score (nSPS) is 9.85. The summed E-state index contributed by atoms with van der Waals surface area (Å²) in [6.07, 6.45) is 1.62. The lowest BCUT2D eigenvalue weighted by molar-refractivity contribution is 1.19. The number of nitrogens with one attached hydrogen (secondary N) is 1. The maximum absolute atomic E-state index is 5.43. The molecule has 0 unspecified atom stereocenters. The lowest BCUT2D eigenvalue weighted by Crippen LogP contribution is -1.97. The first kappa shape index (κ1) is 8.00. The molecular formula is C8H8N4S. The van der Waals surface area contributed by atoms with Crippen molar-refractivity contribution < 1.29 is 0 Å². The Labute approximate surface area is 79.5 Å². The molecule has 13 heavy (non-hydrogen) atoms. The molecule has 0 aliphatic rings. The van der Waals surface area contributed by atoms with E-state index in [0.29, 0.717) is 5.82 Å². The van der Waals surface area contributed by atoms with Gasteiger partial charge in [0.05, 0.1) is 5.69 Å². The number of nitrogens with zero attached hydrogens (tertiary/aromatic N) is 2. The van der Waals surface area contributed by atoms with Crippen molar-refractivity contribution >= 4 is 28.8 Å². The van der Waals surface area contributed by atoms with Crippen LogP contribution in [-0.4, -0.2) is 9.97 Å². The number of hydrogen-bond donors (Lipinski definition) is 2. The van der Waals surface area contributed by atoms with Crippen LogP contribution in [0.1, 0.15) is 0 Å². The van der Waals surface area contributed by atoms with Gasteiger partial charge in [0.1, 0.15) is 5.82 Å². The first-order valence-corrected chi connectivity index (χ1v) is 4.66.